The van der Waals surface area contributed by atoms with Crippen LogP contribution < -0.4 is 5.48 Å². The van der Waals surface area contributed by atoms with E-state index in [0.29, 0.717) is 16.9 Å². The number of carbonyl (C=O) groups is 2. The van der Waals surface area contributed by atoms with Crippen LogP contribution in [0.4, 0.5) is 0 Å². The Morgan fingerprint density at radius 3 is 2.75 bits per heavy atom. The topological polar surface area (TPSA) is 115 Å². The van der Waals surface area contributed by atoms with Gasteiger partial charge in [0.2, 0.25) is 0 Å². The number of carbonyl (C=O) groups excluding carboxylic acids is 1. The molecule has 0 aliphatic heterocycles. The summed E-state index contributed by atoms with van der Waals surface area (Å²) in [5, 5.41) is 17.5. The number of carboxylic acids is 1. The first-order valence-corrected chi connectivity index (χ1v) is 7.02. The Morgan fingerprint density at radius 2 is 2.00 bits per heavy atom. The Bertz CT molecular complexity index is 959. The van der Waals surface area contributed by atoms with E-state index >= 15 is 0 Å². The van der Waals surface area contributed by atoms with Crippen molar-refractivity contribution in [2.24, 2.45) is 0 Å². The number of hydrogen-bond donors (Lipinski definition) is 4. The summed E-state index contributed by atoms with van der Waals surface area (Å²) >= 11 is 0. The van der Waals surface area contributed by atoms with Gasteiger partial charge in [0.25, 0.3) is 5.91 Å². The first-order chi connectivity index (χ1) is 11.6. The van der Waals surface area contributed by atoms with Crippen LogP contribution in [0.3, 0.4) is 0 Å². The van der Waals surface area contributed by atoms with E-state index in [1.54, 1.807) is 18.2 Å². The smallest absolute Gasteiger partial charge is 0.335 e. The average Bonchev–Trinajstić information content (AvgIpc) is 3.03. The van der Waals surface area contributed by atoms with Gasteiger partial charge in [-0.2, -0.15) is 0 Å². The summed E-state index contributed by atoms with van der Waals surface area (Å²) in [6.07, 6.45) is 2.76. The zero-order valence-electron chi connectivity index (χ0n) is 12.4. The molecule has 3 rings (SSSR count). The number of hydroxylamine groups is 1. The summed E-state index contributed by atoms with van der Waals surface area (Å²) in [4.78, 5) is 29.6. The van der Waals surface area contributed by atoms with Gasteiger partial charge >= 0.3 is 5.97 Å². The zero-order valence-corrected chi connectivity index (χ0v) is 12.4. The van der Waals surface area contributed by atoms with Crippen molar-refractivity contribution in [2.45, 2.75) is 0 Å². The van der Waals surface area contributed by atoms with Crippen molar-refractivity contribution in [1.82, 2.24) is 15.4 Å². The summed E-state index contributed by atoms with van der Waals surface area (Å²) in [6, 6.07) is 12.0. The molecule has 0 saturated carbocycles. The number of fused-ring (bicyclic) bond motifs is 1. The molecule has 0 atom stereocenters. The van der Waals surface area contributed by atoms with Gasteiger partial charge in [-0.05, 0) is 35.9 Å². The number of nitrogens with one attached hydrogen (secondary N) is 2. The lowest BCUT2D eigenvalue weighted by Gasteiger charge is -1.99. The summed E-state index contributed by atoms with van der Waals surface area (Å²) in [7, 11) is 0. The van der Waals surface area contributed by atoms with Gasteiger partial charge in [-0.25, -0.2) is 15.3 Å². The van der Waals surface area contributed by atoms with E-state index in [9.17, 15) is 9.59 Å². The number of carboxylic acid groups (broad SMARTS) is 1. The van der Waals surface area contributed by atoms with E-state index in [0.717, 1.165) is 11.1 Å². The minimum atomic E-state index is -0.998. The highest BCUT2D eigenvalue weighted by Crippen LogP contribution is 2.22. The predicted molar refractivity (Wildman–Crippen MR) is 87.5 cm³/mol. The number of amides is 1. The number of aromatic amines is 1. The molecule has 0 radical (unpaired) electrons. The van der Waals surface area contributed by atoms with Crippen LogP contribution in [0.5, 0.6) is 0 Å². The van der Waals surface area contributed by atoms with Gasteiger partial charge in [0, 0.05) is 11.6 Å². The molecule has 0 spiro atoms. The average molecular weight is 323 g/mol. The van der Waals surface area contributed by atoms with Crippen molar-refractivity contribution in [1.29, 1.82) is 0 Å². The highest BCUT2D eigenvalue weighted by atomic mass is 16.5. The molecule has 1 amide bonds. The van der Waals surface area contributed by atoms with E-state index in [1.807, 2.05) is 18.2 Å². The molecule has 0 fully saturated rings. The lowest BCUT2D eigenvalue weighted by atomic mass is 10.1. The van der Waals surface area contributed by atoms with Crippen LogP contribution in [0.15, 0.2) is 48.5 Å². The quantitative estimate of drug-likeness (QED) is 0.334. The van der Waals surface area contributed by atoms with E-state index in [2.05, 4.69) is 9.97 Å². The summed E-state index contributed by atoms with van der Waals surface area (Å²) in [5.41, 5.74) is 4.54. The van der Waals surface area contributed by atoms with Crippen molar-refractivity contribution in [3.05, 3.63) is 59.7 Å². The lowest BCUT2D eigenvalue weighted by Crippen LogP contribution is -2.14. The molecule has 0 aliphatic carbocycles. The second-order valence-electron chi connectivity index (χ2n) is 5.06. The molecule has 3 aromatic rings. The van der Waals surface area contributed by atoms with Gasteiger partial charge in [0.05, 0.1) is 16.6 Å². The number of nitrogens with zero attached hydrogens (tertiary/aromatic N) is 1. The van der Waals surface area contributed by atoms with E-state index in [-0.39, 0.29) is 5.56 Å². The van der Waals surface area contributed by atoms with Gasteiger partial charge < -0.3 is 10.1 Å². The van der Waals surface area contributed by atoms with Gasteiger partial charge in [-0.15, -0.1) is 0 Å². The SMILES string of the molecule is O=C(C=Cc1cccc(-c2nc3ccc(C(=O)O)cc3[nH]2)c1)NO. The number of rotatable bonds is 4. The molecule has 1 aromatic heterocycles. The molecule has 0 unspecified atom stereocenters. The van der Waals surface area contributed by atoms with Gasteiger partial charge in [0.15, 0.2) is 0 Å². The van der Waals surface area contributed by atoms with E-state index in [4.69, 9.17) is 10.3 Å². The second-order valence-corrected chi connectivity index (χ2v) is 5.06. The van der Waals surface area contributed by atoms with Crippen LogP contribution in [0.25, 0.3) is 28.5 Å². The first kappa shape index (κ1) is 15.4. The number of benzene rings is 2. The number of H-pyrrole nitrogens is 1. The maximum atomic E-state index is 11.0. The summed E-state index contributed by atoms with van der Waals surface area (Å²) in [6.45, 7) is 0. The van der Waals surface area contributed by atoms with Gasteiger partial charge in [0.1, 0.15) is 5.82 Å². The highest BCUT2D eigenvalue weighted by Gasteiger charge is 2.09. The van der Waals surface area contributed by atoms with Gasteiger partial charge in [-0.1, -0.05) is 18.2 Å². The lowest BCUT2D eigenvalue weighted by molar-refractivity contribution is -0.124. The van der Waals surface area contributed by atoms with Gasteiger partial charge in [-0.3, -0.25) is 10.0 Å². The zero-order chi connectivity index (χ0) is 17.1. The largest absolute Gasteiger partial charge is 0.478 e. The third-order valence-electron chi connectivity index (χ3n) is 3.43. The molecule has 7 nitrogen and oxygen atoms in total. The van der Waals surface area contributed by atoms with Crippen molar-refractivity contribution >= 4 is 29.0 Å². The monoisotopic (exact) mass is 323 g/mol. The Balaban J connectivity index is 1.96. The number of imidazole rings is 1. The van der Waals surface area contributed by atoms with Crippen LogP contribution in [0.1, 0.15) is 15.9 Å². The number of aromatic carboxylic acids is 1. The van der Waals surface area contributed by atoms with Crippen LogP contribution in [-0.4, -0.2) is 32.2 Å². The molecule has 0 bridgehead atoms. The third kappa shape index (κ3) is 3.16. The molecule has 2 aromatic carbocycles. The fraction of sp³-hybridized carbons (Fsp3) is 0. The highest BCUT2D eigenvalue weighted by molar-refractivity contribution is 5.93. The molecule has 0 aliphatic rings. The van der Waals surface area contributed by atoms with Crippen LogP contribution in [-0.2, 0) is 4.79 Å². The Morgan fingerprint density at radius 1 is 1.17 bits per heavy atom. The minimum absolute atomic E-state index is 0.185. The van der Waals surface area contributed by atoms with E-state index in [1.165, 1.54) is 23.7 Å². The normalized spacial score (nSPS) is 11.0. The van der Waals surface area contributed by atoms with Crippen LogP contribution >= 0.6 is 0 Å². The molecule has 120 valence electrons. The molecular weight excluding hydrogens is 310 g/mol. The summed E-state index contributed by atoms with van der Waals surface area (Å²) < 4.78 is 0. The molecule has 4 N–H and O–H groups in total. The fourth-order valence-corrected chi connectivity index (χ4v) is 2.28. The van der Waals surface area contributed by atoms with Crippen molar-refractivity contribution in [3.8, 4) is 11.4 Å². The minimum Gasteiger partial charge on any atom is -0.478 e. The van der Waals surface area contributed by atoms with Crippen LogP contribution in [0.2, 0.25) is 0 Å². The number of aromatic nitrogens is 2. The van der Waals surface area contributed by atoms with Crippen molar-refractivity contribution in [3.63, 3.8) is 0 Å². The fourth-order valence-electron chi connectivity index (χ4n) is 2.28. The van der Waals surface area contributed by atoms with Crippen molar-refractivity contribution in [2.75, 3.05) is 0 Å². The second kappa shape index (κ2) is 6.35. The van der Waals surface area contributed by atoms with E-state index < -0.39 is 11.9 Å². The number of hydrogen-bond acceptors (Lipinski definition) is 4. The Kier molecular flexibility index (Phi) is 4.09. The molecule has 0 saturated heterocycles. The molecule has 7 heteroatoms. The first-order valence-electron chi connectivity index (χ1n) is 7.02. The predicted octanol–water partition coefficient (Wildman–Crippen LogP) is 2.45. The standard InChI is InChI=1S/C17H13N3O4/c21-15(20-24)7-4-10-2-1-3-11(8-10)16-18-13-6-5-12(17(22)23)9-14(13)19-16/h1-9,24H,(H,18,19)(H,20,21)(H,22,23). The van der Waals surface area contributed by atoms with Crippen LogP contribution in [0, 0.1) is 0 Å². The van der Waals surface area contributed by atoms with Crippen molar-refractivity contribution < 1.29 is 19.9 Å². The Hall–Kier alpha value is -3.45. The Labute approximate surface area is 136 Å². The maximum absolute atomic E-state index is 11.0. The third-order valence-corrected chi connectivity index (χ3v) is 3.43. The molecule has 24 heavy (non-hydrogen) atoms. The molecular formula is C17H13N3O4. The molecule has 1 heterocycles. The maximum Gasteiger partial charge on any atom is 0.335 e. The summed E-state index contributed by atoms with van der Waals surface area (Å²) in [5.74, 6) is -1.03.